The lowest BCUT2D eigenvalue weighted by atomic mass is 10.00. The Morgan fingerprint density at radius 2 is 1.80 bits per heavy atom. The van der Waals surface area contributed by atoms with Crippen LogP contribution in [0.1, 0.15) is 24.5 Å². The molecule has 0 fully saturated rings. The van der Waals surface area contributed by atoms with Crippen LogP contribution in [0.4, 0.5) is 0 Å². The Morgan fingerprint density at radius 3 is 2.43 bits per heavy atom. The molecule has 0 bridgehead atoms. The van der Waals surface area contributed by atoms with E-state index in [9.17, 15) is 8.42 Å². The van der Waals surface area contributed by atoms with Gasteiger partial charge in [0.25, 0.3) is 0 Å². The quantitative estimate of drug-likeness (QED) is 0.569. The minimum Gasteiger partial charge on any atom is -0.356 e. The molecule has 0 aromatic heterocycles. The molecule has 2 aromatic carbocycles. The van der Waals surface area contributed by atoms with Gasteiger partial charge in [-0.3, -0.25) is 0 Å². The molecule has 6 nitrogen and oxygen atoms in total. The Labute approximate surface area is 180 Å². The van der Waals surface area contributed by atoms with E-state index in [0.29, 0.717) is 17.0 Å². The van der Waals surface area contributed by atoms with Gasteiger partial charge in [-0.1, -0.05) is 54.6 Å². The van der Waals surface area contributed by atoms with Gasteiger partial charge in [-0.2, -0.15) is 0 Å². The molecule has 0 atom stereocenters. The third-order valence-corrected chi connectivity index (χ3v) is 7.03. The first kappa shape index (κ1) is 22.1. The minimum absolute atomic E-state index is 0.303. The molecule has 0 radical (unpaired) electrons. The Kier molecular flexibility index (Phi) is 7.29. The number of sulfonamides is 1. The maximum atomic E-state index is 12.6. The normalized spacial score (nSPS) is 15.3. The highest BCUT2D eigenvalue weighted by molar-refractivity contribution is 7.89. The van der Waals surface area contributed by atoms with E-state index in [2.05, 4.69) is 40.6 Å². The monoisotopic (exact) mass is 426 g/mol. The molecule has 1 aliphatic heterocycles. The third kappa shape index (κ3) is 5.09. The van der Waals surface area contributed by atoms with Crippen molar-refractivity contribution >= 4 is 21.6 Å². The average molecular weight is 427 g/mol. The van der Waals surface area contributed by atoms with Gasteiger partial charge in [0, 0.05) is 33.7 Å². The van der Waals surface area contributed by atoms with E-state index < -0.39 is 10.0 Å². The zero-order chi connectivity index (χ0) is 21.6. The summed E-state index contributed by atoms with van der Waals surface area (Å²) in [5.74, 6) is 0.804. The van der Waals surface area contributed by atoms with Crippen molar-refractivity contribution in [1.82, 2.24) is 14.5 Å². The second kappa shape index (κ2) is 9.91. The number of nitrogens with zero attached hydrogens (tertiary/aromatic N) is 3. The van der Waals surface area contributed by atoms with Gasteiger partial charge in [0.1, 0.15) is 0 Å². The minimum atomic E-state index is -3.51. The first-order valence-corrected chi connectivity index (χ1v) is 11.7. The summed E-state index contributed by atoms with van der Waals surface area (Å²) in [7, 11) is -0.419. The Bertz CT molecular complexity index is 1010. The number of rotatable bonds is 6. The van der Waals surface area contributed by atoms with E-state index in [0.717, 1.165) is 32.0 Å². The molecule has 0 aliphatic carbocycles. The summed E-state index contributed by atoms with van der Waals surface area (Å²) in [5, 5.41) is 3.34. The van der Waals surface area contributed by atoms with Crippen LogP contribution in [0.2, 0.25) is 0 Å². The highest BCUT2D eigenvalue weighted by Gasteiger charge is 2.21. The van der Waals surface area contributed by atoms with Crippen LogP contribution in [0.25, 0.3) is 5.57 Å². The van der Waals surface area contributed by atoms with Crippen molar-refractivity contribution < 1.29 is 8.42 Å². The second-order valence-corrected chi connectivity index (χ2v) is 9.48. The molecule has 1 N–H and O–H groups in total. The fourth-order valence-electron chi connectivity index (χ4n) is 3.44. The number of hydrogen-bond donors (Lipinski definition) is 1. The fourth-order valence-corrected chi connectivity index (χ4v) is 4.55. The Hall–Kier alpha value is -2.64. The standard InChI is InChI=1S/C23H30N4O2S/c1-4-24-23(27-16-14-20(15-17-27)19-10-6-5-7-11-19)25-18-21-12-8-9-13-22(21)30(28,29)26(2)3/h5-14H,4,15-18H2,1-3H3,(H,24,25). The van der Waals surface area contributed by atoms with Gasteiger partial charge in [0.05, 0.1) is 11.4 Å². The van der Waals surface area contributed by atoms with E-state index in [1.807, 2.05) is 25.1 Å². The summed E-state index contributed by atoms with van der Waals surface area (Å²) >= 11 is 0. The highest BCUT2D eigenvalue weighted by atomic mass is 32.2. The van der Waals surface area contributed by atoms with Crippen LogP contribution in [0.15, 0.2) is 70.6 Å². The number of guanidine groups is 1. The van der Waals surface area contributed by atoms with Gasteiger partial charge < -0.3 is 10.2 Å². The molecule has 2 aromatic rings. The largest absolute Gasteiger partial charge is 0.356 e. The molecule has 0 saturated carbocycles. The highest BCUT2D eigenvalue weighted by Crippen LogP contribution is 2.23. The van der Waals surface area contributed by atoms with E-state index in [1.165, 1.54) is 15.4 Å². The van der Waals surface area contributed by atoms with E-state index >= 15 is 0 Å². The summed E-state index contributed by atoms with van der Waals surface area (Å²) in [4.78, 5) is 7.27. The summed E-state index contributed by atoms with van der Waals surface area (Å²) in [6.45, 7) is 4.73. The zero-order valence-corrected chi connectivity index (χ0v) is 18.7. The molecular weight excluding hydrogens is 396 g/mol. The zero-order valence-electron chi connectivity index (χ0n) is 17.9. The van der Waals surface area contributed by atoms with Crippen LogP contribution in [0, 0.1) is 0 Å². The molecule has 160 valence electrons. The van der Waals surface area contributed by atoms with Crippen LogP contribution >= 0.6 is 0 Å². The van der Waals surface area contributed by atoms with Crippen LogP contribution < -0.4 is 5.32 Å². The van der Waals surface area contributed by atoms with Crippen molar-refractivity contribution in [1.29, 1.82) is 0 Å². The summed E-state index contributed by atoms with van der Waals surface area (Å²) in [6.07, 6.45) is 3.19. The van der Waals surface area contributed by atoms with Crippen molar-refractivity contribution in [3.05, 3.63) is 71.8 Å². The van der Waals surface area contributed by atoms with Crippen molar-refractivity contribution in [3.63, 3.8) is 0 Å². The fraction of sp³-hybridized carbons (Fsp3) is 0.348. The summed E-state index contributed by atoms with van der Waals surface area (Å²) < 4.78 is 26.5. The molecular formula is C23H30N4O2S. The van der Waals surface area contributed by atoms with E-state index in [1.54, 1.807) is 26.2 Å². The van der Waals surface area contributed by atoms with Gasteiger partial charge >= 0.3 is 0 Å². The second-order valence-electron chi connectivity index (χ2n) is 7.36. The molecule has 7 heteroatoms. The lowest BCUT2D eigenvalue weighted by molar-refractivity contribution is 0.439. The van der Waals surface area contributed by atoms with E-state index in [-0.39, 0.29) is 0 Å². The molecule has 30 heavy (non-hydrogen) atoms. The predicted octanol–water partition coefficient (Wildman–Crippen LogP) is 3.19. The molecule has 3 rings (SSSR count). The molecule has 1 heterocycles. The van der Waals surface area contributed by atoms with Crippen molar-refractivity contribution in [3.8, 4) is 0 Å². The van der Waals surface area contributed by atoms with Crippen LogP contribution in [-0.4, -0.2) is 57.3 Å². The lowest BCUT2D eigenvalue weighted by Crippen LogP contribution is -2.43. The topological polar surface area (TPSA) is 65.0 Å². The number of benzene rings is 2. The van der Waals surface area contributed by atoms with Crippen LogP contribution in [0.3, 0.4) is 0 Å². The average Bonchev–Trinajstić information content (AvgIpc) is 2.77. The molecule has 0 amide bonds. The van der Waals surface area contributed by atoms with Gasteiger partial charge in [-0.15, -0.1) is 0 Å². The molecule has 0 saturated heterocycles. The Morgan fingerprint density at radius 1 is 1.10 bits per heavy atom. The molecule has 1 aliphatic rings. The predicted molar refractivity (Wildman–Crippen MR) is 123 cm³/mol. The first-order valence-electron chi connectivity index (χ1n) is 10.2. The SMILES string of the molecule is CCNC(=NCc1ccccc1S(=O)(=O)N(C)C)N1CC=C(c2ccccc2)CC1. The molecule has 0 unspecified atom stereocenters. The maximum absolute atomic E-state index is 12.6. The maximum Gasteiger partial charge on any atom is 0.242 e. The lowest BCUT2D eigenvalue weighted by Gasteiger charge is -2.30. The van der Waals surface area contributed by atoms with E-state index in [4.69, 9.17) is 4.99 Å². The van der Waals surface area contributed by atoms with Crippen molar-refractivity contribution in [2.45, 2.75) is 24.8 Å². The van der Waals surface area contributed by atoms with Gasteiger partial charge in [-0.25, -0.2) is 17.7 Å². The first-order chi connectivity index (χ1) is 14.4. The number of aliphatic imine (C=N–C) groups is 1. The smallest absolute Gasteiger partial charge is 0.242 e. The third-order valence-electron chi connectivity index (χ3n) is 5.12. The van der Waals surface area contributed by atoms with Crippen molar-refractivity contribution in [2.24, 2.45) is 4.99 Å². The summed E-state index contributed by atoms with van der Waals surface area (Å²) in [5.41, 5.74) is 3.31. The number of nitrogens with one attached hydrogen (secondary N) is 1. The van der Waals surface area contributed by atoms with Crippen LogP contribution in [0.5, 0.6) is 0 Å². The van der Waals surface area contributed by atoms with Gasteiger partial charge in [0.2, 0.25) is 10.0 Å². The molecule has 0 spiro atoms. The van der Waals surface area contributed by atoms with Gasteiger partial charge in [-0.05, 0) is 36.1 Å². The number of hydrogen-bond acceptors (Lipinski definition) is 3. The van der Waals surface area contributed by atoms with Gasteiger partial charge in [0.15, 0.2) is 5.96 Å². The van der Waals surface area contributed by atoms with Crippen molar-refractivity contribution in [2.75, 3.05) is 33.7 Å². The summed E-state index contributed by atoms with van der Waals surface area (Å²) in [6, 6.07) is 17.5. The van der Waals surface area contributed by atoms with Crippen LogP contribution in [-0.2, 0) is 16.6 Å². The Balaban J connectivity index is 1.79.